The Morgan fingerprint density at radius 2 is 1.68 bits per heavy atom. The van der Waals surface area contributed by atoms with E-state index in [9.17, 15) is 0 Å². The van der Waals surface area contributed by atoms with Gasteiger partial charge in [0, 0.05) is 38.4 Å². The minimum absolute atomic E-state index is 0.305. The van der Waals surface area contributed by atoms with Gasteiger partial charge in [-0.25, -0.2) is 9.97 Å². The van der Waals surface area contributed by atoms with E-state index in [-0.39, 0.29) is 0 Å². The lowest BCUT2D eigenvalue weighted by atomic mass is 9.86. The largest absolute Gasteiger partial charge is 0.373 e. The average molecular weight is 299 g/mol. The zero-order valence-electron chi connectivity index (χ0n) is 13.1. The normalized spacial score (nSPS) is 34.9. The number of fused-ring (bicyclic) bond motifs is 1. The number of hydrogen-bond acceptors (Lipinski definition) is 4. The van der Waals surface area contributed by atoms with Gasteiger partial charge in [0.15, 0.2) is 0 Å². The fourth-order valence-corrected chi connectivity index (χ4v) is 4.25. The summed E-state index contributed by atoms with van der Waals surface area (Å²) in [6, 6.07) is 1.86. The van der Waals surface area contributed by atoms with E-state index in [1.807, 2.05) is 18.5 Å². The quantitative estimate of drug-likeness (QED) is 0.801. The molecule has 3 aliphatic rings. The van der Waals surface area contributed by atoms with Crippen LogP contribution in [0.1, 0.15) is 31.5 Å². The molecule has 0 aromatic carbocycles. The maximum Gasteiger partial charge on any atom is 0.130 e. The molecule has 0 amide bonds. The van der Waals surface area contributed by atoms with Crippen molar-refractivity contribution in [3.63, 3.8) is 0 Å². The Morgan fingerprint density at radius 3 is 2.41 bits per heavy atom. The van der Waals surface area contributed by atoms with Crippen molar-refractivity contribution >= 4 is 0 Å². The van der Waals surface area contributed by atoms with Gasteiger partial charge in [-0.1, -0.05) is 12.2 Å². The van der Waals surface area contributed by atoms with Gasteiger partial charge in [-0.3, -0.25) is 0 Å². The average Bonchev–Trinajstić information content (AvgIpc) is 3.14. The minimum atomic E-state index is 0.305. The van der Waals surface area contributed by atoms with Gasteiger partial charge in [-0.05, 0) is 43.6 Å². The van der Waals surface area contributed by atoms with Gasteiger partial charge in [0.2, 0.25) is 0 Å². The van der Waals surface area contributed by atoms with Crippen molar-refractivity contribution in [3.05, 3.63) is 36.4 Å². The van der Waals surface area contributed by atoms with Crippen LogP contribution in [0.15, 0.2) is 30.6 Å². The minimum Gasteiger partial charge on any atom is -0.373 e. The molecule has 0 bridgehead atoms. The van der Waals surface area contributed by atoms with Gasteiger partial charge in [0.05, 0.1) is 12.2 Å². The van der Waals surface area contributed by atoms with Crippen LogP contribution in [0.25, 0.3) is 0 Å². The Balaban J connectivity index is 1.25. The van der Waals surface area contributed by atoms with Gasteiger partial charge in [0.25, 0.3) is 0 Å². The number of hydrogen-bond donors (Lipinski definition) is 0. The van der Waals surface area contributed by atoms with Crippen molar-refractivity contribution in [2.45, 2.75) is 44.3 Å². The highest BCUT2D eigenvalue weighted by Crippen LogP contribution is 2.33. The molecule has 0 radical (unpaired) electrons. The smallest absolute Gasteiger partial charge is 0.130 e. The Morgan fingerprint density at radius 1 is 1.00 bits per heavy atom. The molecule has 2 aliphatic heterocycles. The summed E-state index contributed by atoms with van der Waals surface area (Å²) in [5, 5.41) is 0. The van der Waals surface area contributed by atoms with Crippen LogP contribution in [-0.2, 0) is 11.2 Å². The first kappa shape index (κ1) is 14.3. The number of allylic oxidation sites excluding steroid dienone is 2. The first-order valence-electron chi connectivity index (χ1n) is 8.65. The van der Waals surface area contributed by atoms with Gasteiger partial charge in [-0.2, -0.15) is 0 Å². The molecule has 3 heterocycles. The highest BCUT2D eigenvalue weighted by molar-refractivity contribution is 5.00. The maximum atomic E-state index is 6.24. The summed E-state index contributed by atoms with van der Waals surface area (Å²) in [6.07, 6.45) is 14.8. The lowest BCUT2D eigenvalue weighted by Gasteiger charge is -2.21. The third-order valence-corrected chi connectivity index (χ3v) is 5.38. The fourth-order valence-electron chi connectivity index (χ4n) is 4.25. The van der Waals surface area contributed by atoms with Crippen LogP contribution < -0.4 is 0 Å². The molecule has 2 saturated heterocycles. The molecular weight excluding hydrogens is 274 g/mol. The lowest BCUT2D eigenvalue weighted by Crippen LogP contribution is -2.31. The third kappa shape index (κ3) is 3.23. The molecule has 4 rings (SSSR count). The van der Waals surface area contributed by atoms with E-state index in [0.29, 0.717) is 12.2 Å². The number of nitrogens with zero attached hydrogens (tertiary/aromatic N) is 3. The molecule has 1 aliphatic carbocycles. The van der Waals surface area contributed by atoms with E-state index in [0.717, 1.165) is 37.0 Å². The molecule has 22 heavy (non-hydrogen) atoms. The number of ether oxygens (including phenoxy) is 1. The molecule has 0 unspecified atom stereocenters. The van der Waals surface area contributed by atoms with E-state index in [4.69, 9.17) is 4.74 Å². The maximum absolute atomic E-state index is 6.24. The predicted molar refractivity (Wildman–Crippen MR) is 85.4 cm³/mol. The summed E-state index contributed by atoms with van der Waals surface area (Å²) in [4.78, 5) is 11.3. The standard InChI is InChI=1S/C18H25N3O/c1-2-5-15-12-21(11-14(15)4-1)13-17-7-6-16(22-17)10-18-19-8-3-9-20-18/h1-3,8-9,14-17H,4-7,10-13H2/t14-,15+,16-,17+/m0/s1. The second-order valence-corrected chi connectivity index (χ2v) is 7.01. The van der Waals surface area contributed by atoms with Crippen LogP contribution >= 0.6 is 0 Å². The Bertz CT molecular complexity index is 502. The molecule has 0 saturated carbocycles. The zero-order chi connectivity index (χ0) is 14.8. The first-order chi connectivity index (χ1) is 10.9. The van der Waals surface area contributed by atoms with Gasteiger partial charge >= 0.3 is 0 Å². The number of aromatic nitrogens is 2. The summed E-state index contributed by atoms with van der Waals surface area (Å²) in [6.45, 7) is 3.64. The lowest BCUT2D eigenvalue weighted by molar-refractivity contribution is 0.0257. The Labute approximate surface area is 132 Å². The monoisotopic (exact) mass is 299 g/mol. The molecule has 2 fully saturated rings. The van der Waals surface area contributed by atoms with Crippen LogP contribution in [0.5, 0.6) is 0 Å². The van der Waals surface area contributed by atoms with E-state index >= 15 is 0 Å². The van der Waals surface area contributed by atoms with Crippen LogP contribution in [0.3, 0.4) is 0 Å². The van der Waals surface area contributed by atoms with E-state index < -0.39 is 0 Å². The van der Waals surface area contributed by atoms with Crippen LogP contribution in [-0.4, -0.2) is 46.7 Å². The summed E-state index contributed by atoms with van der Waals surface area (Å²) in [7, 11) is 0. The summed E-state index contributed by atoms with van der Waals surface area (Å²) in [5.74, 6) is 2.69. The van der Waals surface area contributed by atoms with Crippen molar-refractivity contribution in [3.8, 4) is 0 Å². The van der Waals surface area contributed by atoms with E-state index in [2.05, 4.69) is 27.0 Å². The second-order valence-electron chi connectivity index (χ2n) is 7.01. The van der Waals surface area contributed by atoms with Crippen molar-refractivity contribution in [1.29, 1.82) is 0 Å². The van der Waals surface area contributed by atoms with Gasteiger partial charge < -0.3 is 9.64 Å². The molecule has 4 nitrogen and oxygen atoms in total. The van der Waals surface area contributed by atoms with Gasteiger partial charge in [-0.15, -0.1) is 0 Å². The van der Waals surface area contributed by atoms with Crippen LogP contribution in [0.2, 0.25) is 0 Å². The number of likely N-dealkylation sites (tertiary alicyclic amines) is 1. The fraction of sp³-hybridized carbons (Fsp3) is 0.667. The molecule has 4 atom stereocenters. The Hall–Kier alpha value is -1.26. The summed E-state index contributed by atoms with van der Waals surface area (Å²) >= 11 is 0. The van der Waals surface area contributed by atoms with Crippen molar-refractivity contribution in [2.24, 2.45) is 11.8 Å². The van der Waals surface area contributed by atoms with Crippen LogP contribution in [0.4, 0.5) is 0 Å². The Kier molecular flexibility index (Phi) is 4.22. The predicted octanol–water partition coefficient (Wildman–Crippen LogP) is 2.46. The molecular formula is C18H25N3O. The highest BCUT2D eigenvalue weighted by Gasteiger charge is 2.35. The molecule has 4 heteroatoms. The van der Waals surface area contributed by atoms with Crippen molar-refractivity contribution in [2.75, 3.05) is 19.6 Å². The topological polar surface area (TPSA) is 38.2 Å². The molecule has 1 aromatic heterocycles. The second kappa shape index (κ2) is 6.47. The molecule has 0 N–H and O–H groups in total. The SMILES string of the molecule is C1=CC[C@H]2CN(C[C@H]3CC[C@@H](Cc4ncccn4)O3)C[C@H]2C1. The van der Waals surface area contributed by atoms with E-state index in [1.165, 1.54) is 32.4 Å². The zero-order valence-corrected chi connectivity index (χ0v) is 13.1. The summed E-state index contributed by atoms with van der Waals surface area (Å²) in [5.41, 5.74) is 0. The van der Waals surface area contributed by atoms with Crippen molar-refractivity contribution < 1.29 is 4.74 Å². The van der Waals surface area contributed by atoms with Gasteiger partial charge in [0.1, 0.15) is 5.82 Å². The van der Waals surface area contributed by atoms with Crippen molar-refractivity contribution in [1.82, 2.24) is 14.9 Å². The third-order valence-electron chi connectivity index (χ3n) is 5.38. The molecule has 118 valence electrons. The molecule has 1 aromatic rings. The van der Waals surface area contributed by atoms with Crippen LogP contribution in [0, 0.1) is 11.8 Å². The molecule has 0 spiro atoms. The summed E-state index contributed by atoms with van der Waals surface area (Å²) < 4.78 is 6.24. The highest BCUT2D eigenvalue weighted by atomic mass is 16.5. The number of rotatable bonds is 4. The first-order valence-corrected chi connectivity index (χ1v) is 8.65. The van der Waals surface area contributed by atoms with E-state index in [1.54, 1.807) is 0 Å².